The van der Waals surface area contributed by atoms with Gasteiger partial charge < -0.3 is 10.2 Å². The Kier molecular flexibility index (Phi) is 3.51. The van der Waals surface area contributed by atoms with Gasteiger partial charge in [0.25, 0.3) is 5.91 Å². The van der Waals surface area contributed by atoms with Gasteiger partial charge in [-0.1, -0.05) is 30.3 Å². The molecule has 1 atom stereocenters. The van der Waals surface area contributed by atoms with E-state index in [9.17, 15) is 4.79 Å². The van der Waals surface area contributed by atoms with Gasteiger partial charge in [-0.25, -0.2) is 0 Å². The van der Waals surface area contributed by atoms with Crippen molar-refractivity contribution >= 4 is 11.6 Å². The minimum absolute atomic E-state index is 0.0398. The lowest BCUT2D eigenvalue weighted by Crippen LogP contribution is -2.48. The van der Waals surface area contributed by atoms with Crippen molar-refractivity contribution in [3.05, 3.63) is 66.1 Å². The van der Waals surface area contributed by atoms with Crippen molar-refractivity contribution in [2.45, 2.75) is 6.04 Å². The summed E-state index contributed by atoms with van der Waals surface area (Å²) in [6.07, 6.45) is 3.44. The average Bonchev–Trinajstić information content (AvgIpc) is 3.09. The number of carbonyl (C=O) groups excluding carboxylic acids is 1. The molecule has 3 aromatic rings. The predicted molar refractivity (Wildman–Crippen MR) is 86.1 cm³/mol. The maximum atomic E-state index is 12.8. The molecular formula is C17H17N5O. The van der Waals surface area contributed by atoms with Gasteiger partial charge in [-0.3, -0.25) is 9.20 Å². The molecule has 1 fully saturated rings. The van der Waals surface area contributed by atoms with Crippen LogP contribution in [0.5, 0.6) is 0 Å². The van der Waals surface area contributed by atoms with E-state index in [0.29, 0.717) is 24.3 Å². The van der Waals surface area contributed by atoms with Gasteiger partial charge in [-0.05, 0) is 17.7 Å². The van der Waals surface area contributed by atoms with Crippen LogP contribution in [-0.4, -0.2) is 45.0 Å². The highest BCUT2D eigenvalue weighted by Crippen LogP contribution is 2.19. The van der Waals surface area contributed by atoms with Gasteiger partial charge in [-0.2, -0.15) is 0 Å². The molecule has 0 spiro atoms. The molecule has 1 aliphatic heterocycles. The summed E-state index contributed by atoms with van der Waals surface area (Å²) in [7, 11) is 0. The third-order valence-electron chi connectivity index (χ3n) is 4.21. The Morgan fingerprint density at radius 3 is 2.96 bits per heavy atom. The first-order valence-corrected chi connectivity index (χ1v) is 7.68. The molecule has 1 saturated heterocycles. The average molecular weight is 307 g/mol. The number of piperazine rings is 1. The van der Waals surface area contributed by atoms with Gasteiger partial charge >= 0.3 is 0 Å². The summed E-state index contributed by atoms with van der Waals surface area (Å²) >= 11 is 0. The second-order valence-corrected chi connectivity index (χ2v) is 5.68. The smallest absolute Gasteiger partial charge is 0.254 e. The molecule has 1 aromatic carbocycles. The van der Waals surface area contributed by atoms with Gasteiger partial charge in [0.05, 0.1) is 0 Å². The van der Waals surface area contributed by atoms with Crippen LogP contribution in [0.15, 0.2) is 55.0 Å². The molecule has 0 saturated carbocycles. The van der Waals surface area contributed by atoms with Crippen LogP contribution in [0.3, 0.4) is 0 Å². The number of aromatic nitrogens is 3. The van der Waals surface area contributed by atoms with E-state index in [4.69, 9.17) is 0 Å². The Labute approximate surface area is 133 Å². The largest absolute Gasteiger partial charge is 0.335 e. The summed E-state index contributed by atoms with van der Waals surface area (Å²) in [6.45, 7) is 2.17. The fourth-order valence-electron chi connectivity index (χ4n) is 2.98. The second kappa shape index (κ2) is 5.81. The van der Waals surface area contributed by atoms with E-state index in [0.717, 1.165) is 6.54 Å². The standard InChI is InChI=1S/C17H17N5O/c23-17(14-6-8-22-12-19-20-16(22)10-14)21-9-7-18-15(11-21)13-4-2-1-3-5-13/h1-6,8,10,12,15,18H,7,9,11H2/t15-/m1/s1. The highest BCUT2D eigenvalue weighted by Gasteiger charge is 2.25. The summed E-state index contributed by atoms with van der Waals surface area (Å²) in [5.41, 5.74) is 2.54. The van der Waals surface area contributed by atoms with Gasteiger partial charge in [0.2, 0.25) is 0 Å². The quantitative estimate of drug-likeness (QED) is 0.779. The molecule has 2 aromatic heterocycles. The zero-order valence-electron chi connectivity index (χ0n) is 12.6. The summed E-state index contributed by atoms with van der Waals surface area (Å²) in [5, 5.41) is 11.3. The minimum Gasteiger partial charge on any atom is -0.335 e. The first-order valence-electron chi connectivity index (χ1n) is 7.68. The van der Waals surface area contributed by atoms with Crippen LogP contribution >= 0.6 is 0 Å². The Morgan fingerprint density at radius 2 is 2.09 bits per heavy atom. The van der Waals surface area contributed by atoms with E-state index in [1.165, 1.54) is 5.56 Å². The number of amides is 1. The molecule has 1 N–H and O–H groups in total. The van der Waals surface area contributed by atoms with Crippen molar-refractivity contribution in [1.29, 1.82) is 0 Å². The lowest BCUT2D eigenvalue weighted by Gasteiger charge is -2.34. The molecule has 1 amide bonds. The van der Waals surface area contributed by atoms with Crippen LogP contribution in [0.2, 0.25) is 0 Å². The fourth-order valence-corrected chi connectivity index (χ4v) is 2.98. The SMILES string of the molecule is O=C(c1ccn2cnnc2c1)N1CCN[C@@H](c2ccccc2)C1. The van der Waals surface area contributed by atoms with E-state index in [-0.39, 0.29) is 11.9 Å². The fraction of sp³-hybridized carbons (Fsp3) is 0.235. The van der Waals surface area contributed by atoms with Gasteiger partial charge in [-0.15, -0.1) is 10.2 Å². The minimum atomic E-state index is 0.0398. The molecule has 0 unspecified atom stereocenters. The van der Waals surface area contributed by atoms with Crippen LogP contribution in [0.25, 0.3) is 5.65 Å². The molecule has 0 aliphatic carbocycles. The summed E-state index contributed by atoms with van der Waals surface area (Å²) in [4.78, 5) is 14.7. The van der Waals surface area contributed by atoms with Crippen molar-refractivity contribution in [3.8, 4) is 0 Å². The topological polar surface area (TPSA) is 62.5 Å². The van der Waals surface area contributed by atoms with Crippen molar-refractivity contribution < 1.29 is 4.79 Å². The number of benzene rings is 1. The second-order valence-electron chi connectivity index (χ2n) is 5.68. The highest BCUT2D eigenvalue weighted by molar-refractivity contribution is 5.95. The van der Waals surface area contributed by atoms with Crippen LogP contribution in [0, 0.1) is 0 Å². The third-order valence-corrected chi connectivity index (χ3v) is 4.21. The number of carbonyl (C=O) groups is 1. The molecule has 0 radical (unpaired) electrons. The van der Waals surface area contributed by atoms with E-state index < -0.39 is 0 Å². The van der Waals surface area contributed by atoms with Crippen LogP contribution in [-0.2, 0) is 0 Å². The van der Waals surface area contributed by atoms with Crippen molar-refractivity contribution in [1.82, 2.24) is 24.8 Å². The molecule has 6 nitrogen and oxygen atoms in total. The first-order chi connectivity index (χ1) is 11.3. The number of hydrogen-bond donors (Lipinski definition) is 1. The highest BCUT2D eigenvalue weighted by atomic mass is 16.2. The normalized spacial score (nSPS) is 18.3. The summed E-state index contributed by atoms with van der Waals surface area (Å²) in [5.74, 6) is 0.0398. The lowest BCUT2D eigenvalue weighted by molar-refractivity contribution is 0.0703. The number of fused-ring (bicyclic) bond motifs is 1. The maximum absolute atomic E-state index is 12.8. The number of nitrogens with one attached hydrogen (secondary N) is 1. The molecule has 6 heteroatoms. The molecule has 1 aliphatic rings. The molecule has 116 valence electrons. The maximum Gasteiger partial charge on any atom is 0.254 e. The number of nitrogens with zero attached hydrogens (tertiary/aromatic N) is 4. The monoisotopic (exact) mass is 307 g/mol. The Hall–Kier alpha value is -2.73. The van der Waals surface area contributed by atoms with Crippen molar-refractivity contribution in [2.24, 2.45) is 0 Å². The Bertz CT molecular complexity index is 829. The van der Waals surface area contributed by atoms with Crippen LogP contribution in [0.4, 0.5) is 0 Å². The summed E-state index contributed by atoms with van der Waals surface area (Å²) in [6, 6.07) is 14.0. The molecule has 3 heterocycles. The zero-order chi connectivity index (χ0) is 15.6. The van der Waals surface area contributed by atoms with E-state index in [2.05, 4.69) is 27.6 Å². The summed E-state index contributed by atoms with van der Waals surface area (Å²) < 4.78 is 1.79. The lowest BCUT2D eigenvalue weighted by atomic mass is 10.0. The van der Waals surface area contributed by atoms with Gasteiger partial charge in [0.15, 0.2) is 5.65 Å². The van der Waals surface area contributed by atoms with Gasteiger partial charge in [0.1, 0.15) is 6.33 Å². The van der Waals surface area contributed by atoms with E-state index >= 15 is 0 Å². The molecule has 23 heavy (non-hydrogen) atoms. The van der Waals surface area contributed by atoms with E-state index in [1.807, 2.05) is 35.4 Å². The van der Waals surface area contributed by atoms with E-state index in [1.54, 1.807) is 16.8 Å². The van der Waals surface area contributed by atoms with Crippen molar-refractivity contribution in [2.75, 3.05) is 19.6 Å². The number of pyridine rings is 1. The predicted octanol–water partition coefficient (Wildman–Crippen LogP) is 1.52. The van der Waals surface area contributed by atoms with Crippen LogP contribution < -0.4 is 5.32 Å². The number of hydrogen-bond acceptors (Lipinski definition) is 4. The van der Waals surface area contributed by atoms with Crippen molar-refractivity contribution in [3.63, 3.8) is 0 Å². The first kappa shape index (κ1) is 13.9. The third kappa shape index (κ3) is 2.68. The van der Waals surface area contributed by atoms with Gasteiger partial charge in [0, 0.05) is 37.4 Å². The zero-order valence-corrected chi connectivity index (χ0v) is 12.6. The molecular weight excluding hydrogens is 290 g/mol. The molecule has 0 bridgehead atoms. The Balaban J connectivity index is 1.55. The molecule has 4 rings (SSSR count). The van der Waals surface area contributed by atoms with Crippen LogP contribution in [0.1, 0.15) is 22.0 Å². The number of rotatable bonds is 2. The Morgan fingerprint density at radius 1 is 1.22 bits per heavy atom.